The molecule has 3 heteroatoms. The summed E-state index contributed by atoms with van der Waals surface area (Å²) in [6.45, 7) is 7.32. The van der Waals surface area contributed by atoms with Gasteiger partial charge in [-0.2, -0.15) is 0 Å². The third kappa shape index (κ3) is 2.62. The molecular formula is C15H20N2O. The van der Waals surface area contributed by atoms with Crippen molar-refractivity contribution >= 4 is 11.5 Å². The molecular weight excluding hydrogens is 224 g/mol. The van der Waals surface area contributed by atoms with E-state index in [0.717, 1.165) is 24.9 Å². The van der Waals surface area contributed by atoms with Crippen LogP contribution in [0.1, 0.15) is 29.3 Å². The summed E-state index contributed by atoms with van der Waals surface area (Å²) in [6.07, 6.45) is 3.58. The lowest BCUT2D eigenvalue weighted by atomic mass is 9.99. The highest BCUT2D eigenvalue weighted by Crippen LogP contribution is 2.23. The molecule has 1 heterocycles. The largest absolute Gasteiger partial charge is 0.384 e. The summed E-state index contributed by atoms with van der Waals surface area (Å²) >= 11 is 0. The minimum atomic E-state index is -0.115. The Labute approximate surface area is 108 Å². The normalized spacial score (nSPS) is 14.7. The first-order valence-corrected chi connectivity index (χ1v) is 6.51. The maximum Gasteiger partial charge on any atom is 0.179 e. The number of nitrogens with one attached hydrogen (secondary N) is 2. The zero-order chi connectivity index (χ0) is 13.0. The number of anilines is 1. The van der Waals surface area contributed by atoms with Crippen LogP contribution in [0.4, 0.5) is 5.69 Å². The van der Waals surface area contributed by atoms with Crippen molar-refractivity contribution in [1.82, 2.24) is 5.32 Å². The van der Waals surface area contributed by atoms with E-state index in [1.807, 2.05) is 25.1 Å². The molecule has 0 spiro atoms. The molecule has 0 saturated heterocycles. The van der Waals surface area contributed by atoms with E-state index in [-0.39, 0.29) is 11.8 Å². The third-order valence-electron chi connectivity index (χ3n) is 3.33. The number of hydrogen-bond acceptors (Lipinski definition) is 3. The first-order valence-electron chi connectivity index (χ1n) is 6.51. The molecule has 0 amide bonds. The monoisotopic (exact) mass is 244 g/mol. The Balaban J connectivity index is 2.14. The van der Waals surface area contributed by atoms with Crippen molar-refractivity contribution in [2.75, 3.05) is 18.4 Å². The number of hydrogen-bond donors (Lipinski definition) is 2. The highest BCUT2D eigenvalue weighted by Gasteiger charge is 2.19. The van der Waals surface area contributed by atoms with Gasteiger partial charge in [-0.3, -0.25) is 4.79 Å². The summed E-state index contributed by atoms with van der Waals surface area (Å²) in [5.74, 6) is 0.175. The second-order valence-corrected chi connectivity index (χ2v) is 4.57. The molecule has 0 aliphatic carbocycles. The molecule has 0 saturated carbocycles. The van der Waals surface area contributed by atoms with Crippen LogP contribution in [-0.4, -0.2) is 24.9 Å². The molecule has 1 unspecified atom stereocenters. The number of Topliss-reactive ketones (excluding diaryl/α,β-unsaturated/α-hetero) is 1. The Hall–Kier alpha value is -1.61. The van der Waals surface area contributed by atoms with Crippen molar-refractivity contribution in [1.29, 1.82) is 0 Å². The van der Waals surface area contributed by atoms with Gasteiger partial charge < -0.3 is 10.6 Å². The maximum absolute atomic E-state index is 12.4. The van der Waals surface area contributed by atoms with Crippen molar-refractivity contribution in [3.8, 4) is 0 Å². The summed E-state index contributed by atoms with van der Waals surface area (Å²) < 4.78 is 0. The van der Waals surface area contributed by atoms with Gasteiger partial charge in [-0.15, -0.1) is 6.58 Å². The molecule has 0 bridgehead atoms. The second-order valence-electron chi connectivity index (χ2n) is 4.57. The number of carbonyl (C=O) groups excluding carboxylic acids is 1. The van der Waals surface area contributed by atoms with Crippen molar-refractivity contribution in [2.24, 2.45) is 0 Å². The van der Waals surface area contributed by atoms with Crippen LogP contribution in [0.15, 0.2) is 30.9 Å². The summed E-state index contributed by atoms with van der Waals surface area (Å²) in [5.41, 5.74) is 3.22. The fourth-order valence-corrected chi connectivity index (χ4v) is 2.31. The zero-order valence-electron chi connectivity index (χ0n) is 10.8. The summed E-state index contributed by atoms with van der Waals surface area (Å²) in [6, 6.07) is 5.83. The number of benzene rings is 1. The number of carbonyl (C=O) groups is 1. The fraction of sp³-hybridized carbons (Fsp3) is 0.400. The predicted octanol–water partition coefficient (Wildman–Crippen LogP) is 2.39. The molecule has 18 heavy (non-hydrogen) atoms. The summed E-state index contributed by atoms with van der Waals surface area (Å²) in [4.78, 5) is 12.4. The quantitative estimate of drug-likeness (QED) is 0.596. The van der Waals surface area contributed by atoms with Gasteiger partial charge in [0.05, 0.1) is 6.04 Å². The molecule has 1 aliphatic heterocycles. The lowest BCUT2D eigenvalue weighted by Crippen LogP contribution is -2.36. The van der Waals surface area contributed by atoms with E-state index < -0.39 is 0 Å². The van der Waals surface area contributed by atoms with E-state index >= 15 is 0 Å². The summed E-state index contributed by atoms with van der Waals surface area (Å²) in [7, 11) is 0. The summed E-state index contributed by atoms with van der Waals surface area (Å²) in [5, 5.41) is 6.51. The van der Waals surface area contributed by atoms with Gasteiger partial charge in [-0.25, -0.2) is 0 Å². The van der Waals surface area contributed by atoms with Crippen LogP contribution in [0.25, 0.3) is 0 Å². The molecule has 1 atom stereocenters. The van der Waals surface area contributed by atoms with Gasteiger partial charge in [0.25, 0.3) is 0 Å². The molecule has 3 nitrogen and oxygen atoms in total. The molecule has 0 radical (unpaired) electrons. The Kier molecular flexibility index (Phi) is 4.15. The van der Waals surface area contributed by atoms with Crippen molar-refractivity contribution in [3.63, 3.8) is 0 Å². The number of fused-ring (bicyclic) bond motifs is 1. The van der Waals surface area contributed by atoms with Gasteiger partial charge in [-0.1, -0.05) is 13.0 Å². The Morgan fingerprint density at radius 2 is 2.44 bits per heavy atom. The molecule has 2 rings (SSSR count). The van der Waals surface area contributed by atoms with Gasteiger partial charge in [0, 0.05) is 24.3 Å². The van der Waals surface area contributed by atoms with E-state index in [1.165, 1.54) is 11.3 Å². The average Bonchev–Trinajstić information content (AvgIpc) is 2.86. The minimum absolute atomic E-state index is 0.115. The standard InChI is InChI=1S/C15H20N2O/c1-3-8-16-13(4-2)15(18)12-5-6-14-11(10-12)7-9-17-14/h3,5-6,10,13,16-17H,1,4,7-9H2,2H3. The van der Waals surface area contributed by atoms with Crippen LogP contribution in [0.3, 0.4) is 0 Å². The Morgan fingerprint density at radius 1 is 1.61 bits per heavy atom. The molecule has 0 aromatic heterocycles. The topological polar surface area (TPSA) is 41.1 Å². The van der Waals surface area contributed by atoms with Gasteiger partial charge >= 0.3 is 0 Å². The molecule has 1 aliphatic rings. The molecule has 2 N–H and O–H groups in total. The maximum atomic E-state index is 12.4. The number of rotatable bonds is 6. The van der Waals surface area contributed by atoms with Crippen LogP contribution in [0, 0.1) is 0 Å². The van der Waals surface area contributed by atoms with E-state index in [1.54, 1.807) is 6.08 Å². The molecule has 0 fully saturated rings. The molecule has 96 valence electrons. The van der Waals surface area contributed by atoms with Crippen molar-refractivity contribution in [2.45, 2.75) is 25.8 Å². The van der Waals surface area contributed by atoms with Crippen LogP contribution < -0.4 is 10.6 Å². The van der Waals surface area contributed by atoms with Gasteiger partial charge in [-0.05, 0) is 36.6 Å². The number of ketones is 1. The Morgan fingerprint density at radius 3 is 3.17 bits per heavy atom. The molecule has 1 aromatic rings. The van der Waals surface area contributed by atoms with E-state index in [2.05, 4.69) is 17.2 Å². The average molecular weight is 244 g/mol. The predicted molar refractivity (Wildman–Crippen MR) is 75.2 cm³/mol. The first-order chi connectivity index (χ1) is 8.76. The van der Waals surface area contributed by atoms with Gasteiger partial charge in [0.1, 0.15) is 0 Å². The van der Waals surface area contributed by atoms with E-state index in [0.29, 0.717) is 6.54 Å². The third-order valence-corrected chi connectivity index (χ3v) is 3.33. The minimum Gasteiger partial charge on any atom is -0.384 e. The first kappa shape index (κ1) is 12.8. The lowest BCUT2D eigenvalue weighted by Gasteiger charge is -2.15. The van der Waals surface area contributed by atoms with E-state index in [9.17, 15) is 4.79 Å². The smallest absolute Gasteiger partial charge is 0.179 e. The lowest BCUT2D eigenvalue weighted by molar-refractivity contribution is 0.0942. The van der Waals surface area contributed by atoms with Gasteiger partial charge in [0.15, 0.2) is 5.78 Å². The van der Waals surface area contributed by atoms with Crippen molar-refractivity contribution in [3.05, 3.63) is 42.0 Å². The van der Waals surface area contributed by atoms with Crippen molar-refractivity contribution < 1.29 is 4.79 Å². The molecule has 1 aromatic carbocycles. The van der Waals surface area contributed by atoms with Crippen LogP contribution in [0.5, 0.6) is 0 Å². The van der Waals surface area contributed by atoms with E-state index in [4.69, 9.17) is 0 Å². The van der Waals surface area contributed by atoms with Gasteiger partial charge in [0.2, 0.25) is 0 Å². The zero-order valence-corrected chi connectivity index (χ0v) is 10.8. The Bertz CT molecular complexity index is 454. The fourth-order valence-electron chi connectivity index (χ4n) is 2.31. The second kappa shape index (κ2) is 5.83. The van der Waals surface area contributed by atoms with Crippen LogP contribution in [-0.2, 0) is 6.42 Å². The SMILES string of the molecule is C=CCNC(CC)C(=O)c1ccc2c(c1)CCN2. The highest BCUT2D eigenvalue weighted by atomic mass is 16.1. The van der Waals surface area contributed by atoms with Crippen LogP contribution >= 0.6 is 0 Å². The van der Waals surface area contributed by atoms with Crippen LogP contribution in [0.2, 0.25) is 0 Å². The highest BCUT2D eigenvalue weighted by molar-refractivity contribution is 6.00.